The second kappa shape index (κ2) is 7.94. The molecule has 5 nitrogen and oxygen atoms in total. The van der Waals surface area contributed by atoms with E-state index in [0.717, 1.165) is 24.8 Å². The van der Waals surface area contributed by atoms with Gasteiger partial charge in [0.15, 0.2) is 5.92 Å². The van der Waals surface area contributed by atoms with Crippen LogP contribution >= 0.6 is 0 Å². The Morgan fingerprint density at radius 1 is 1.09 bits per heavy atom. The number of benzene rings is 1. The first-order valence-electron chi connectivity index (χ1n) is 7.51. The van der Waals surface area contributed by atoms with E-state index < -0.39 is 23.8 Å². The van der Waals surface area contributed by atoms with Gasteiger partial charge in [-0.1, -0.05) is 30.3 Å². The minimum atomic E-state index is -1.01. The molecule has 2 atom stereocenters. The summed E-state index contributed by atoms with van der Waals surface area (Å²) in [6, 6.07) is 9.48. The second-order valence-electron chi connectivity index (χ2n) is 5.37. The van der Waals surface area contributed by atoms with E-state index in [1.807, 2.05) is 30.3 Å². The van der Waals surface area contributed by atoms with Crippen LogP contribution in [0.1, 0.15) is 30.7 Å². The van der Waals surface area contributed by atoms with E-state index >= 15 is 0 Å². The van der Waals surface area contributed by atoms with E-state index in [4.69, 9.17) is 14.2 Å². The lowest BCUT2D eigenvalue weighted by molar-refractivity contribution is -0.162. The lowest BCUT2D eigenvalue weighted by Crippen LogP contribution is -2.40. The number of carbonyl (C=O) groups is 2. The van der Waals surface area contributed by atoms with Crippen molar-refractivity contribution in [2.24, 2.45) is 5.92 Å². The number of methoxy groups -OCH3 is 2. The zero-order chi connectivity index (χ0) is 15.9. The highest BCUT2D eigenvalue weighted by Gasteiger charge is 2.43. The van der Waals surface area contributed by atoms with E-state index in [-0.39, 0.29) is 6.10 Å². The third-order valence-electron chi connectivity index (χ3n) is 4.07. The van der Waals surface area contributed by atoms with E-state index in [9.17, 15) is 9.59 Å². The maximum Gasteiger partial charge on any atom is 0.320 e. The van der Waals surface area contributed by atoms with Gasteiger partial charge in [0.2, 0.25) is 0 Å². The first-order valence-corrected chi connectivity index (χ1v) is 7.51. The van der Waals surface area contributed by atoms with Gasteiger partial charge in [-0.3, -0.25) is 9.59 Å². The van der Waals surface area contributed by atoms with Crippen molar-refractivity contribution in [3.63, 3.8) is 0 Å². The molecule has 1 saturated heterocycles. The number of ether oxygens (including phenoxy) is 3. The molecule has 0 bridgehead atoms. The first-order chi connectivity index (χ1) is 10.7. The highest BCUT2D eigenvalue weighted by molar-refractivity contribution is 5.96. The fourth-order valence-corrected chi connectivity index (χ4v) is 2.99. The summed E-state index contributed by atoms with van der Waals surface area (Å²) >= 11 is 0. The van der Waals surface area contributed by atoms with Gasteiger partial charge in [0.25, 0.3) is 0 Å². The number of hydrogen-bond acceptors (Lipinski definition) is 5. The summed E-state index contributed by atoms with van der Waals surface area (Å²) in [6.07, 6.45) is 2.63. The van der Waals surface area contributed by atoms with Crippen LogP contribution in [-0.2, 0) is 23.8 Å². The van der Waals surface area contributed by atoms with E-state index in [1.54, 1.807) is 0 Å². The third-order valence-corrected chi connectivity index (χ3v) is 4.07. The molecule has 5 heteroatoms. The van der Waals surface area contributed by atoms with Gasteiger partial charge >= 0.3 is 11.9 Å². The van der Waals surface area contributed by atoms with E-state index in [1.165, 1.54) is 14.2 Å². The van der Waals surface area contributed by atoms with Crippen LogP contribution in [0.25, 0.3) is 0 Å². The average Bonchev–Trinajstić information content (AvgIpc) is 2.59. The molecule has 0 amide bonds. The fraction of sp³-hybridized carbons (Fsp3) is 0.529. The van der Waals surface area contributed by atoms with Gasteiger partial charge in [0.05, 0.1) is 20.3 Å². The maximum atomic E-state index is 12.2. The van der Waals surface area contributed by atoms with Gasteiger partial charge in [-0.2, -0.15) is 0 Å². The summed E-state index contributed by atoms with van der Waals surface area (Å²) < 4.78 is 15.5. The topological polar surface area (TPSA) is 61.8 Å². The molecule has 1 aromatic rings. The summed E-state index contributed by atoms with van der Waals surface area (Å²) in [5.74, 6) is -2.59. The van der Waals surface area contributed by atoms with Crippen LogP contribution in [0, 0.1) is 5.92 Å². The van der Waals surface area contributed by atoms with Gasteiger partial charge in [0.1, 0.15) is 0 Å². The number of rotatable bonds is 5. The third kappa shape index (κ3) is 3.65. The van der Waals surface area contributed by atoms with Crippen molar-refractivity contribution in [2.45, 2.75) is 31.3 Å². The van der Waals surface area contributed by atoms with Crippen LogP contribution in [0.5, 0.6) is 0 Å². The van der Waals surface area contributed by atoms with E-state index in [2.05, 4.69) is 0 Å². The van der Waals surface area contributed by atoms with Gasteiger partial charge in [-0.15, -0.1) is 0 Å². The van der Waals surface area contributed by atoms with Crippen molar-refractivity contribution in [3.05, 3.63) is 35.9 Å². The lowest BCUT2D eigenvalue weighted by Gasteiger charge is -2.33. The van der Waals surface area contributed by atoms with Gasteiger partial charge in [-0.05, 0) is 24.8 Å². The molecule has 2 unspecified atom stereocenters. The molecule has 1 fully saturated rings. The molecule has 22 heavy (non-hydrogen) atoms. The number of esters is 2. The molecule has 1 aliphatic rings. The number of carbonyl (C=O) groups excluding carboxylic acids is 2. The number of hydrogen-bond donors (Lipinski definition) is 0. The lowest BCUT2D eigenvalue weighted by atomic mass is 9.79. The Balaban J connectivity index is 2.40. The predicted octanol–water partition coefficient (Wildman–Crippen LogP) is 2.30. The summed E-state index contributed by atoms with van der Waals surface area (Å²) in [5.41, 5.74) is 0.884. The monoisotopic (exact) mass is 306 g/mol. The van der Waals surface area contributed by atoms with Crippen molar-refractivity contribution in [2.75, 3.05) is 20.8 Å². The van der Waals surface area contributed by atoms with Crippen LogP contribution in [0.2, 0.25) is 0 Å². The van der Waals surface area contributed by atoms with Gasteiger partial charge in [0, 0.05) is 12.5 Å². The fourth-order valence-electron chi connectivity index (χ4n) is 2.99. The Hall–Kier alpha value is -1.88. The van der Waals surface area contributed by atoms with Crippen LogP contribution < -0.4 is 0 Å². The minimum Gasteiger partial charge on any atom is -0.468 e. The highest BCUT2D eigenvalue weighted by Crippen LogP contribution is 2.35. The molecule has 1 heterocycles. The largest absolute Gasteiger partial charge is 0.468 e. The minimum absolute atomic E-state index is 0.195. The Bertz CT molecular complexity index is 477. The molecule has 0 N–H and O–H groups in total. The summed E-state index contributed by atoms with van der Waals surface area (Å²) in [7, 11) is 2.56. The molecule has 0 saturated carbocycles. The second-order valence-corrected chi connectivity index (χ2v) is 5.37. The van der Waals surface area contributed by atoms with Crippen molar-refractivity contribution in [3.8, 4) is 0 Å². The predicted molar refractivity (Wildman–Crippen MR) is 80.3 cm³/mol. The molecule has 1 aliphatic heterocycles. The smallest absolute Gasteiger partial charge is 0.320 e. The van der Waals surface area contributed by atoms with Crippen LogP contribution in [-0.4, -0.2) is 38.9 Å². The Morgan fingerprint density at radius 3 is 2.23 bits per heavy atom. The SMILES string of the molecule is COC(=O)C(C(=O)OC)C(c1ccccc1)C1CCCCO1. The Labute approximate surface area is 130 Å². The normalized spacial score (nSPS) is 19.5. The van der Waals surface area contributed by atoms with Crippen molar-refractivity contribution in [1.82, 2.24) is 0 Å². The zero-order valence-corrected chi connectivity index (χ0v) is 13.0. The molecular formula is C17H22O5. The zero-order valence-electron chi connectivity index (χ0n) is 13.0. The van der Waals surface area contributed by atoms with Crippen LogP contribution in [0.4, 0.5) is 0 Å². The highest BCUT2D eigenvalue weighted by atomic mass is 16.5. The Kier molecular flexibility index (Phi) is 5.95. The standard InChI is InChI=1S/C17H22O5/c1-20-16(18)15(17(19)21-2)14(12-8-4-3-5-9-12)13-10-6-7-11-22-13/h3-5,8-9,13-15H,6-7,10-11H2,1-2H3. The summed E-state index contributed by atoms with van der Waals surface area (Å²) in [6.45, 7) is 0.642. The molecule has 120 valence electrons. The maximum absolute atomic E-state index is 12.2. The van der Waals surface area contributed by atoms with Crippen LogP contribution in [0.15, 0.2) is 30.3 Å². The quantitative estimate of drug-likeness (QED) is 0.617. The Morgan fingerprint density at radius 2 is 1.73 bits per heavy atom. The molecule has 0 radical (unpaired) electrons. The molecule has 0 spiro atoms. The van der Waals surface area contributed by atoms with E-state index in [0.29, 0.717) is 6.61 Å². The molecule has 2 rings (SSSR count). The molecule has 1 aromatic carbocycles. The summed E-state index contributed by atoms with van der Waals surface area (Å²) in [5, 5.41) is 0. The summed E-state index contributed by atoms with van der Waals surface area (Å²) in [4.78, 5) is 24.4. The van der Waals surface area contributed by atoms with Crippen LogP contribution in [0.3, 0.4) is 0 Å². The molecular weight excluding hydrogens is 284 g/mol. The molecule has 0 aromatic heterocycles. The van der Waals surface area contributed by atoms with Crippen molar-refractivity contribution < 1.29 is 23.8 Å². The first kappa shape index (κ1) is 16.5. The van der Waals surface area contributed by atoms with Crippen molar-refractivity contribution >= 4 is 11.9 Å². The van der Waals surface area contributed by atoms with Gasteiger partial charge in [-0.25, -0.2) is 0 Å². The van der Waals surface area contributed by atoms with Crippen molar-refractivity contribution in [1.29, 1.82) is 0 Å². The average molecular weight is 306 g/mol. The molecule has 0 aliphatic carbocycles. The van der Waals surface area contributed by atoms with Gasteiger partial charge < -0.3 is 14.2 Å².